The van der Waals surface area contributed by atoms with Crippen molar-refractivity contribution >= 4 is 23.0 Å². The van der Waals surface area contributed by atoms with Crippen LogP contribution >= 0.6 is 0 Å². The molecule has 160 valence electrons. The van der Waals surface area contributed by atoms with Crippen LogP contribution in [0.3, 0.4) is 0 Å². The van der Waals surface area contributed by atoms with Crippen molar-refractivity contribution in [2.24, 2.45) is 0 Å². The summed E-state index contributed by atoms with van der Waals surface area (Å²) in [5.41, 5.74) is 3.50. The third kappa shape index (κ3) is 4.47. The molecule has 0 bridgehead atoms. The lowest BCUT2D eigenvalue weighted by molar-refractivity contribution is 0.157. The lowest BCUT2D eigenvalue weighted by Crippen LogP contribution is -2.44. The van der Waals surface area contributed by atoms with E-state index in [4.69, 9.17) is 4.84 Å². The number of piperazine rings is 1. The summed E-state index contributed by atoms with van der Waals surface area (Å²) >= 11 is 0. The van der Waals surface area contributed by atoms with Crippen molar-refractivity contribution in [3.05, 3.63) is 72.6 Å². The topological polar surface area (TPSA) is 56.8 Å². The number of nitrogens with one attached hydrogen (secondary N) is 1. The van der Waals surface area contributed by atoms with Crippen LogP contribution in [0.25, 0.3) is 0 Å². The molecule has 31 heavy (non-hydrogen) atoms. The Kier molecular flexibility index (Phi) is 5.69. The third-order valence-corrected chi connectivity index (χ3v) is 5.98. The molecule has 0 aliphatic carbocycles. The van der Waals surface area contributed by atoms with Gasteiger partial charge in [0.05, 0.1) is 12.6 Å². The molecule has 3 heterocycles. The van der Waals surface area contributed by atoms with Gasteiger partial charge in [-0.15, -0.1) is 0 Å². The van der Waals surface area contributed by atoms with Crippen LogP contribution in [-0.2, 0) is 4.84 Å². The second kappa shape index (κ2) is 8.91. The predicted molar refractivity (Wildman–Crippen MR) is 124 cm³/mol. The number of rotatable bonds is 5. The Balaban J connectivity index is 1.28. The van der Waals surface area contributed by atoms with Crippen molar-refractivity contribution < 1.29 is 4.84 Å². The van der Waals surface area contributed by atoms with Crippen LogP contribution in [0.15, 0.2) is 67.0 Å². The van der Waals surface area contributed by atoms with E-state index in [2.05, 4.69) is 80.7 Å². The first-order valence-electron chi connectivity index (χ1n) is 10.9. The van der Waals surface area contributed by atoms with E-state index in [1.165, 1.54) is 11.3 Å². The zero-order valence-corrected chi connectivity index (χ0v) is 17.8. The van der Waals surface area contributed by atoms with Crippen LogP contribution in [0.5, 0.6) is 0 Å². The van der Waals surface area contributed by atoms with Crippen LogP contribution in [0.1, 0.15) is 18.0 Å². The molecule has 0 spiro atoms. The van der Waals surface area contributed by atoms with E-state index in [9.17, 15) is 0 Å². The smallest absolute Gasteiger partial charge is 0.158 e. The van der Waals surface area contributed by atoms with Crippen molar-refractivity contribution in [3.63, 3.8) is 0 Å². The molecular weight excluding hydrogens is 388 g/mol. The van der Waals surface area contributed by atoms with E-state index in [0.717, 1.165) is 49.9 Å². The van der Waals surface area contributed by atoms with E-state index in [0.29, 0.717) is 6.61 Å². The normalized spacial score (nSPS) is 19.6. The lowest BCUT2D eigenvalue weighted by atomic mass is 10.0. The summed E-state index contributed by atoms with van der Waals surface area (Å²) in [5.74, 6) is 1.51. The summed E-state index contributed by atoms with van der Waals surface area (Å²) in [6, 6.07) is 21.1. The highest BCUT2D eigenvalue weighted by atomic mass is 16.7. The van der Waals surface area contributed by atoms with Gasteiger partial charge in [-0.1, -0.05) is 30.3 Å². The Morgan fingerprint density at radius 1 is 0.935 bits per heavy atom. The van der Waals surface area contributed by atoms with Crippen LogP contribution in [0, 0.1) is 0 Å². The highest BCUT2D eigenvalue weighted by Gasteiger charge is 2.29. The summed E-state index contributed by atoms with van der Waals surface area (Å²) in [5, 5.41) is 5.30. The minimum atomic E-state index is 0.159. The lowest BCUT2D eigenvalue weighted by Gasteiger charge is -2.34. The Labute approximate surface area is 183 Å². The second-order valence-corrected chi connectivity index (χ2v) is 8.10. The van der Waals surface area contributed by atoms with E-state index in [1.54, 1.807) is 6.33 Å². The monoisotopic (exact) mass is 416 g/mol. The summed E-state index contributed by atoms with van der Waals surface area (Å²) < 4.78 is 0. The van der Waals surface area contributed by atoms with Crippen LogP contribution in [0.2, 0.25) is 0 Å². The molecule has 0 amide bonds. The first-order valence-corrected chi connectivity index (χ1v) is 10.9. The number of hydrogen-bond donors (Lipinski definition) is 1. The van der Waals surface area contributed by atoms with Gasteiger partial charge in [-0.05, 0) is 36.9 Å². The first kappa shape index (κ1) is 19.8. The van der Waals surface area contributed by atoms with Gasteiger partial charge in [0, 0.05) is 50.0 Å². The van der Waals surface area contributed by atoms with Crippen LogP contribution in [0.4, 0.5) is 23.0 Å². The number of nitrogens with zero attached hydrogens (tertiary/aromatic N) is 5. The van der Waals surface area contributed by atoms with Gasteiger partial charge < -0.3 is 15.1 Å². The molecule has 2 aliphatic rings. The number of aromatic nitrogens is 2. The van der Waals surface area contributed by atoms with Crippen molar-refractivity contribution in [3.8, 4) is 0 Å². The zero-order chi connectivity index (χ0) is 21.0. The third-order valence-electron chi connectivity index (χ3n) is 5.98. The molecule has 1 aromatic heterocycles. The van der Waals surface area contributed by atoms with Crippen molar-refractivity contribution in [2.45, 2.75) is 12.5 Å². The first-order chi connectivity index (χ1) is 15.3. The molecule has 7 nitrogen and oxygen atoms in total. The fraction of sp³-hybridized carbons (Fsp3) is 0.333. The number of hydroxylamine groups is 1. The maximum absolute atomic E-state index is 5.91. The summed E-state index contributed by atoms with van der Waals surface area (Å²) in [7, 11) is 2.18. The minimum absolute atomic E-state index is 0.159. The molecule has 1 N–H and O–H groups in total. The molecule has 2 fully saturated rings. The standard InChI is InChI=1S/C24H28N6O/c1-28-12-14-29(15-13-28)21-9-7-20(8-10-21)27-23-17-24(26-18-25-23)30-22(11-16-31-30)19-5-3-2-4-6-19/h2-10,17-18,22H,11-16H2,1H3,(H,25,26,27). The Morgan fingerprint density at radius 3 is 2.48 bits per heavy atom. The zero-order valence-electron chi connectivity index (χ0n) is 17.8. The van der Waals surface area contributed by atoms with E-state index >= 15 is 0 Å². The van der Waals surface area contributed by atoms with E-state index in [-0.39, 0.29) is 6.04 Å². The molecule has 1 unspecified atom stereocenters. The maximum atomic E-state index is 5.91. The fourth-order valence-electron chi connectivity index (χ4n) is 4.18. The van der Waals surface area contributed by atoms with Gasteiger partial charge in [-0.3, -0.25) is 4.84 Å². The maximum Gasteiger partial charge on any atom is 0.158 e. The Bertz CT molecular complexity index is 988. The Hall–Kier alpha value is -3.16. The van der Waals surface area contributed by atoms with E-state index < -0.39 is 0 Å². The Morgan fingerprint density at radius 2 is 1.71 bits per heavy atom. The molecule has 2 aromatic carbocycles. The van der Waals surface area contributed by atoms with Crippen LogP contribution < -0.4 is 15.3 Å². The molecule has 1 atom stereocenters. The summed E-state index contributed by atoms with van der Waals surface area (Å²) in [6.45, 7) is 5.02. The molecule has 2 saturated heterocycles. The molecule has 7 heteroatoms. The van der Waals surface area contributed by atoms with Gasteiger partial charge in [-0.25, -0.2) is 15.0 Å². The average Bonchev–Trinajstić information content (AvgIpc) is 3.31. The molecular formula is C24H28N6O. The van der Waals surface area contributed by atoms with Crippen molar-refractivity contribution in [1.82, 2.24) is 14.9 Å². The van der Waals surface area contributed by atoms with Gasteiger partial charge in [-0.2, -0.15) is 0 Å². The van der Waals surface area contributed by atoms with Gasteiger partial charge >= 0.3 is 0 Å². The van der Waals surface area contributed by atoms with Gasteiger partial charge in [0.2, 0.25) is 0 Å². The summed E-state index contributed by atoms with van der Waals surface area (Å²) in [4.78, 5) is 19.6. The van der Waals surface area contributed by atoms with Gasteiger partial charge in [0.15, 0.2) is 5.82 Å². The molecule has 5 rings (SSSR count). The van der Waals surface area contributed by atoms with Crippen molar-refractivity contribution in [2.75, 3.05) is 55.1 Å². The number of benzene rings is 2. The molecule has 3 aromatic rings. The quantitative estimate of drug-likeness (QED) is 0.678. The summed E-state index contributed by atoms with van der Waals surface area (Å²) in [6.07, 6.45) is 2.52. The fourth-order valence-corrected chi connectivity index (χ4v) is 4.18. The number of hydrogen-bond acceptors (Lipinski definition) is 7. The molecule has 2 aliphatic heterocycles. The number of likely N-dealkylation sites (N-methyl/N-ethyl adjacent to an activating group) is 1. The highest BCUT2D eigenvalue weighted by molar-refractivity contribution is 5.62. The number of anilines is 4. The van der Waals surface area contributed by atoms with Gasteiger partial charge in [0.1, 0.15) is 12.1 Å². The minimum Gasteiger partial charge on any atom is -0.369 e. The van der Waals surface area contributed by atoms with E-state index in [1.807, 2.05) is 17.2 Å². The molecule has 0 saturated carbocycles. The average molecular weight is 417 g/mol. The predicted octanol–water partition coefficient (Wildman–Crippen LogP) is 3.86. The van der Waals surface area contributed by atoms with Gasteiger partial charge in [0.25, 0.3) is 0 Å². The molecule has 0 radical (unpaired) electrons. The largest absolute Gasteiger partial charge is 0.369 e. The highest BCUT2D eigenvalue weighted by Crippen LogP contribution is 2.34. The SMILES string of the molecule is CN1CCN(c2ccc(Nc3cc(N4OCCC4c4ccccc4)ncn3)cc2)CC1. The van der Waals surface area contributed by atoms with Crippen LogP contribution in [-0.4, -0.2) is 54.7 Å². The van der Waals surface area contributed by atoms with Crippen molar-refractivity contribution in [1.29, 1.82) is 0 Å². The second-order valence-electron chi connectivity index (χ2n) is 8.10.